The smallest absolute Gasteiger partial charge is 0.326 e. The van der Waals surface area contributed by atoms with Gasteiger partial charge in [0.2, 0.25) is 0 Å². The molecule has 1 aromatic carbocycles. The molecule has 8 nitrogen and oxygen atoms in total. The van der Waals surface area contributed by atoms with Crippen molar-refractivity contribution in [1.29, 1.82) is 0 Å². The van der Waals surface area contributed by atoms with Gasteiger partial charge in [0.15, 0.2) is 23.4 Å². The van der Waals surface area contributed by atoms with Crippen LogP contribution in [0.4, 0.5) is 5.82 Å². The topological polar surface area (TPSA) is 92.7 Å². The van der Waals surface area contributed by atoms with E-state index < -0.39 is 24.0 Å². The maximum absolute atomic E-state index is 13.1. The molecule has 0 saturated heterocycles. The van der Waals surface area contributed by atoms with Crippen LogP contribution in [0.1, 0.15) is 31.2 Å². The zero-order chi connectivity index (χ0) is 23.3. The molecule has 1 saturated carbocycles. The molecule has 170 valence electrons. The van der Waals surface area contributed by atoms with Crippen molar-refractivity contribution in [3.63, 3.8) is 0 Å². The Morgan fingerprint density at radius 1 is 1.09 bits per heavy atom. The van der Waals surface area contributed by atoms with E-state index in [4.69, 9.17) is 27.9 Å². The third-order valence-corrected chi connectivity index (χ3v) is 6.18. The Labute approximate surface area is 196 Å². The second-order valence-electron chi connectivity index (χ2n) is 7.65. The first kappa shape index (κ1) is 23.9. The zero-order valence-electron chi connectivity index (χ0n) is 17.9. The molecule has 0 spiro atoms. The number of carbonyl (C=O) groups excluding carboxylic acids is 3. The Bertz CT molecular complexity index is 1000. The second-order valence-corrected chi connectivity index (χ2v) is 8.45. The van der Waals surface area contributed by atoms with Gasteiger partial charge in [0.25, 0.3) is 5.91 Å². The molecule has 1 aromatic heterocycles. The summed E-state index contributed by atoms with van der Waals surface area (Å²) in [6, 6.07) is 10.2. The summed E-state index contributed by atoms with van der Waals surface area (Å²) in [5, 5.41) is 8.27. The Balaban J connectivity index is 1.69. The highest BCUT2D eigenvalue weighted by Crippen LogP contribution is 2.42. The number of hydrogen-bond donors (Lipinski definition) is 0. The summed E-state index contributed by atoms with van der Waals surface area (Å²) in [5.41, 5.74) is -0.579. The van der Waals surface area contributed by atoms with E-state index in [9.17, 15) is 14.4 Å². The molecular weight excluding hydrogens is 455 g/mol. The molecule has 1 amide bonds. The van der Waals surface area contributed by atoms with E-state index in [0.717, 1.165) is 12.8 Å². The number of benzene rings is 1. The van der Waals surface area contributed by atoms with Crippen LogP contribution in [0.5, 0.6) is 0 Å². The molecule has 1 fully saturated rings. The number of ketones is 1. The van der Waals surface area contributed by atoms with Crippen LogP contribution < -0.4 is 4.90 Å². The van der Waals surface area contributed by atoms with Crippen LogP contribution in [0.25, 0.3) is 0 Å². The van der Waals surface area contributed by atoms with Crippen LogP contribution in [-0.4, -0.2) is 60.0 Å². The van der Waals surface area contributed by atoms with Crippen molar-refractivity contribution >= 4 is 46.7 Å². The number of esters is 1. The van der Waals surface area contributed by atoms with Gasteiger partial charge in [-0.1, -0.05) is 41.4 Å². The minimum absolute atomic E-state index is 0.0694. The van der Waals surface area contributed by atoms with Gasteiger partial charge in [-0.25, -0.2) is 0 Å². The molecule has 0 radical (unpaired) electrons. The van der Waals surface area contributed by atoms with Crippen molar-refractivity contribution in [2.75, 3.05) is 32.1 Å². The molecule has 32 heavy (non-hydrogen) atoms. The molecular formula is C22H24Cl2N4O4. The maximum Gasteiger partial charge on any atom is 0.326 e. The van der Waals surface area contributed by atoms with Crippen LogP contribution in [0.2, 0.25) is 10.2 Å². The van der Waals surface area contributed by atoms with Crippen molar-refractivity contribution in [3.8, 4) is 0 Å². The molecule has 0 bridgehead atoms. The number of ether oxygens (including phenoxy) is 1. The van der Waals surface area contributed by atoms with Crippen molar-refractivity contribution < 1.29 is 19.1 Å². The highest BCUT2D eigenvalue weighted by atomic mass is 35.5. The molecule has 1 aliphatic carbocycles. The lowest BCUT2D eigenvalue weighted by Crippen LogP contribution is -2.55. The third-order valence-electron chi connectivity index (χ3n) is 5.65. The Morgan fingerprint density at radius 2 is 1.84 bits per heavy atom. The lowest BCUT2D eigenvalue weighted by atomic mass is 9.74. The molecule has 0 N–H and O–H groups in total. The number of hydrogen-bond acceptors (Lipinski definition) is 7. The fraction of sp³-hybridized carbons (Fsp3) is 0.409. The van der Waals surface area contributed by atoms with Gasteiger partial charge in [0.1, 0.15) is 12.1 Å². The average Bonchev–Trinajstić information content (AvgIpc) is 2.78. The van der Waals surface area contributed by atoms with Gasteiger partial charge in [-0.05, 0) is 37.5 Å². The first-order valence-corrected chi connectivity index (χ1v) is 10.9. The van der Waals surface area contributed by atoms with E-state index in [1.54, 1.807) is 50.5 Å². The number of nitrogens with zero attached hydrogens (tertiary/aromatic N) is 4. The normalized spacial score (nSPS) is 18.2. The number of aromatic nitrogens is 2. The molecule has 1 aliphatic rings. The predicted molar refractivity (Wildman–Crippen MR) is 121 cm³/mol. The molecule has 2 aromatic rings. The number of anilines is 1. The van der Waals surface area contributed by atoms with E-state index in [0.29, 0.717) is 29.2 Å². The highest BCUT2D eigenvalue weighted by molar-refractivity contribution is 6.31. The van der Waals surface area contributed by atoms with Gasteiger partial charge >= 0.3 is 5.97 Å². The maximum atomic E-state index is 13.1. The van der Waals surface area contributed by atoms with Crippen LogP contribution in [0.15, 0.2) is 36.4 Å². The van der Waals surface area contributed by atoms with Gasteiger partial charge < -0.3 is 14.5 Å². The summed E-state index contributed by atoms with van der Waals surface area (Å²) in [6.45, 7) is -0.628. The van der Waals surface area contributed by atoms with Crippen molar-refractivity contribution in [1.82, 2.24) is 15.1 Å². The number of likely N-dealkylation sites (N-methyl/N-ethyl adjacent to an activating group) is 2. The molecule has 10 heteroatoms. The first-order valence-electron chi connectivity index (χ1n) is 10.2. The van der Waals surface area contributed by atoms with Crippen LogP contribution >= 0.6 is 23.2 Å². The van der Waals surface area contributed by atoms with Crippen LogP contribution in [0, 0.1) is 0 Å². The van der Waals surface area contributed by atoms with Gasteiger partial charge in [-0.2, -0.15) is 0 Å². The predicted octanol–water partition coefficient (Wildman–Crippen LogP) is 3.26. The summed E-state index contributed by atoms with van der Waals surface area (Å²) in [4.78, 5) is 41.2. The Hall–Kier alpha value is -2.71. The van der Waals surface area contributed by atoms with Crippen molar-refractivity contribution in [3.05, 3.63) is 52.1 Å². The summed E-state index contributed by atoms with van der Waals surface area (Å²) in [7, 11) is 3.19. The average molecular weight is 479 g/mol. The van der Waals surface area contributed by atoms with E-state index in [1.807, 2.05) is 0 Å². The number of halogens is 2. The Morgan fingerprint density at radius 3 is 2.50 bits per heavy atom. The fourth-order valence-corrected chi connectivity index (χ4v) is 4.31. The molecule has 3 rings (SSSR count). The molecule has 1 unspecified atom stereocenters. The number of carbonyl (C=O) groups is 3. The van der Waals surface area contributed by atoms with E-state index >= 15 is 0 Å². The van der Waals surface area contributed by atoms with Crippen molar-refractivity contribution in [2.45, 2.75) is 31.2 Å². The summed E-state index contributed by atoms with van der Waals surface area (Å²) in [5.74, 6) is -0.740. The monoisotopic (exact) mass is 478 g/mol. The van der Waals surface area contributed by atoms with E-state index in [1.165, 1.54) is 9.80 Å². The standard InChI is InChI=1S/C22H24Cl2N4O4/c1-27(19-11-10-18(24)25-26-19)13-21(31)32-14-20(30)28(2)22(12-6-5-9-17(22)29)15-7-3-4-8-16(15)23/h3-4,7-8,10-11H,5-6,9,12-14H2,1-2H3. The molecule has 1 atom stereocenters. The highest BCUT2D eigenvalue weighted by Gasteiger charge is 2.48. The van der Waals surface area contributed by atoms with Gasteiger partial charge in [-0.3, -0.25) is 14.4 Å². The summed E-state index contributed by atoms with van der Waals surface area (Å²) < 4.78 is 5.19. The second kappa shape index (κ2) is 10.3. The zero-order valence-corrected chi connectivity index (χ0v) is 19.4. The lowest BCUT2D eigenvalue weighted by Gasteiger charge is -2.43. The van der Waals surface area contributed by atoms with E-state index in [2.05, 4.69) is 10.2 Å². The summed E-state index contributed by atoms with van der Waals surface area (Å²) >= 11 is 12.1. The molecule has 0 aliphatic heterocycles. The van der Waals surface area contributed by atoms with E-state index in [-0.39, 0.29) is 17.5 Å². The lowest BCUT2D eigenvalue weighted by molar-refractivity contribution is -0.156. The Kier molecular flexibility index (Phi) is 7.69. The molecule has 1 heterocycles. The number of Topliss-reactive ketones (excluding diaryl/α,β-unsaturated/α-hetero) is 1. The largest absolute Gasteiger partial charge is 0.454 e. The third kappa shape index (κ3) is 5.02. The fourth-order valence-electron chi connectivity index (χ4n) is 3.91. The number of amides is 1. The SMILES string of the molecule is CN(CC(=O)OCC(=O)N(C)C1(c2ccccc2Cl)CCCCC1=O)c1ccc(Cl)nn1. The quantitative estimate of drug-likeness (QED) is 0.563. The van der Waals surface area contributed by atoms with Gasteiger partial charge in [0, 0.05) is 31.1 Å². The van der Waals surface area contributed by atoms with Crippen LogP contribution in [0.3, 0.4) is 0 Å². The van der Waals surface area contributed by atoms with Gasteiger partial charge in [0.05, 0.1) is 0 Å². The first-order chi connectivity index (χ1) is 15.3. The van der Waals surface area contributed by atoms with Gasteiger partial charge in [-0.15, -0.1) is 10.2 Å². The minimum atomic E-state index is -1.17. The van der Waals surface area contributed by atoms with Crippen molar-refractivity contribution in [2.24, 2.45) is 0 Å². The minimum Gasteiger partial charge on any atom is -0.454 e. The van der Waals surface area contributed by atoms with Crippen LogP contribution in [-0.2, 0) is 24.7 Å². The summed E-state index contributed by atoms with van der Waals surface area (Å²) in [6.07, 6.45) is 2.36. The number of rotatable bonds is 7.